The first kappa shape index (κ1) is 13.5. The molecular weight excluding hydrogens is 291 g/mol. The molecule has 1 N–H and O–H groups in total. The average Bonchev–Trinajstić information content (AvgIpc) is 2.49. The quantitative estimate of drug-likeness (QED) is 0.782. The molecule has 0 fully saturated rings. The lowest BCUT2D eigenvalue weighted by molar-refractivity contribution is 0.625. The lowest BCUT2D eigenvalue weighted by Crippen LogP contribution is -2.10. The summed E-state index contributed by atoms with van der Waals surface area (Å²) in [7, 11) is 0. The van der Waals surface area contributed by atoms with Crippen molar-refractivity contribution >= 4 is 33.6 Å². The number of benzene rings is 2. The Labute approximate surface area is 124 Å². The van der Waals surface area contributed by atoms with Gasteiger partial charge in [0.1, 0.15) is 5.82 Å². The highest BCUT2D eigenvalue weighted by atomic mass is 35.5. The van der Waals surface area contributed by atoms with Gasteiger partial charge >= 0.3 is 0 Å². The van der Waals surface area contributed by atoms with Crippen LogP contribution in [0, 0.1) is 5.82 Å². The number of hydrogen-bond donors (Lipinski definition) is 1. The van der Waals surface area contributed by atoms with Crippen LogP contribution in [-0.4, -0.2) is 9.97 Å². The predicted octanol–water partition coefficient (Wildman–Crippen LogP) is 3.80. The van der Waals surface area contributed by atoms with Crippen molar-refractivity contribution in [2.75, 3.05) is 0 Å². The van der Waals surface area contributed by atoms with Crippen molar-refractivity contribution < 1.29 is 4.39 Å². The number of H-pyrrole nitrogens is 1. The number of rotatable bonds is 2. The standard InChI is InChI=1S/C16H10ClFN2O/c17-12(9-10-5-1-3-7-13(10)18)15-19-14-8-4-2-6-11(14)16(21)20-15/h1-9H,(H,19,20,21)/b12-9-. The number of para-hydroxylation sites is 1. The van der Waals surface area contributed by atoms with Crippen molar-refractivity contribution in [2.45, 2.75) is 0 Å². The van der Waals surface area contributed by atoms with Crippen molar-refractivity contribution in [1.29, 1.82) is 0 Å². The van der Waals surface area contributed by atoms with Gasteiger partial charge in [0, 0.05) is 5.56 Å². The molecule has 1 aromatic heterocycles. The second kappa shape index (κ2) is 5.50. The lowest BCUT2D eigenvalue weighted by atomic mass is 10.2. The largest absolute Gasteiger partial charge is 0.305 e. The van der Waals surface area contributed by atoms with E-state index in [-0.39, 0.29) is 16.4 Å². The smallest absolute Gasteiger partial charge is 0.259 e. The fourth-order valence-corrected chi connectivity index (χ4v) is 2.20. The monoisotopic (exact) mass is 300 g/mol. The van der Waals surface area contributed by atoms with Crippen molar-refractivity contribution in [1.82, 2.24) is 9.97 Å². The van der Waals surface area contributed by atoms with E-state index in [4.69, 9.17) is 11.6 Å². The van der Waals surface area contributed by atoms with Gasteiger partial charge in [-0.1, -0.05) is 41.9 Å². The van der Waals surface area contributed by atoms with E-state index in [1.54, 1.807) is 42.5 Å². The molecule has 0 aliphatic rings. The van der Waals surface area contributed by atoms with E-state index in [0.29, 0.717) is 16.5 Å². The van der Waals surface area contributed by atoms with Gasteiger partial charge in [0.15, 0.2) is 5.82 Å². The summed E-state index contributed by atoms with van der Waals surface area (Å²) in [6, 6.07) is 13.2. The van der Waals surface area contributed by atoms with E-state index >= 15 is 0 Å². The Hall–Kier alpha value is -2.46. The van der Waals surface area contributed by atoms with Gasteiger partial charge in [-0.05, 0) is 24.3 Å². The van der Waals surface area contributed by atoms with Crippen molar-refractivity contribution in [2.24, 2.45) is 0 Å². The zero-order valence-corrected chi connectivity index (χ0v) is 11.6. The maximum absolute atomic E-state index is 13.6. The summed E-state index contributed by atoms with van der Waals surface area (Å²) in [5.74, 6) is -0.178. The fourth-order valence-electron chi connectivity index (χ4n) is 2.00. The number of nitrogens with zero attached hydrogens (tertiary/aromatic N) is 1. The first-order valence-corrected chi connectivity index (χ1v) is 6.64. The summed E-state index contributed by atoms with van der Waals surface area (Å²) in [6.07, 6.45) is 1.43. The molecule has 1 heterocycles. The van der Waals surface area contributed by atoms with Gasteiger partial charge in [0.25, 0.3) is 5.56 Å². The Morgan fingerprint density at radius 2 is 1.86 bits per heavy atom. The summed E-state index contributed by atoms with van der Waals surface area (Å²) in [5, 5.41) is 0.652. The Morgan fingerprint density at radius 1 is 1.14 bits per heavy atom. The summed E-state index contributed by atoms with van der Waals surface area (Å²) >= 11 is 6.15. The van der Waals surface area contributed by atoms with E-state index in [9.17, 15) is 9.18 Å². The van der Waals surface area contributed by atoms with Crippen LogP contribution in [-0.2, 0) is 0 Å². The first-order valence-electron chi connectivity index (χ1n) is 6.26. The number of aromatic amines is 1. The van der Waals surface area contributed by atoms with Crippen LogP contribution >= 0.6 is 11.6 Å². The maximum Gasteiger partial charge on any atom is 0.259 e. The molecule has 0 saturated carbocycles. The van der Waals surface area contributed by atoms with Crippen LogP contribution in [0.2, 0.25) is 0 Å². The van der Waals surface area contributed by atoms with Gasteiger partial charge in [-0.2, -0.15) is 0 Å². The molecule has 3 aromatic rings. The maximum atomic E-state index is 13.6. The average molecular weight is 301 g/mol. The highest BCUT2D eigenvalue weighted by molar-refractivity contribution is 6.50. The minimum Gasteiger partial charge on any atom is -0.305 e. The van der Waals surface area contributed by atoms with Gasteiger partial charge in [0.2, 0.25) is 0 Å². The minimum atomic E-state index is -0.390. The molecule has 0 atom stereocenters. The third kappa shape index (κ3) is 2.71. The normalized spacial score (nSPS) is 11.8. The first-order chi connectivity index (χ1) is 10.1. The third-order valence-corrected chi connectivity index (χ3v) is 3.31. The summed E-state index contributed by atoms with van der Waals surface area (Å²) < 4.78 is 13.6. The van der Waals surface area contributed by atoms with Crippen LogP contribution in [0.1, 0.15) is 11.4 Å². The second-order valence-electron chi connectivity index (χ2n) is 4.45. The number of hydrogen-bond acceptors (Lipinski definition) is 2. The van der Waals surface area contributed by atoms with Gasteiger partial charge in [0.05, 0.1) is 15.9 Å². The topological polar surface area (TPSA) is 45.8 Å². The van der Waals surface area contributed by atoms with Crippen LogP contribution in [0.5, 0.6) is 0 Å². The van der Waals surface area contributed by atoms with Gasteiger partial charge < -0.3 is 4.98 Å². The molecule has 2 aromatic carbocycles. The Bertz CT molecular complexity index is 902. The van der Waals surface area contributed by atoms with Crippen LogP contribution in [0.3, 0.4) is 0 Å². The SMILES string of the molecule is O=c1[nH]c(/C(Cl)=C/c2ccccc2F)nc2ccccc12. The number of aromatic nitrogens is 2. The van der Waals surface area contributed by atoms with Gasteiger partial charge in [-0.15, -0.1) is 0 Å². The summed E-state index contributed by atoms with van der Waals surface area (Å²) in [4.78, 5) is 18.9. The molecule has 104 valence electrons. The highest BCUT2D eigenvalue weighted by Gasteiger charge is 2.07. The summed E-state index contributed by atoms with van der Waals surface area (Å²) in [5.41, 5.74) is 0.588. The Balaban J connectivity index is 2.12. The van der Waals surface area contributed by atoms with Gasteiger partial charge in [-0.3, -0.25) is 4.79 Å². The molecule has 3 rings (SSSR count). The third-order valence-electron chi connectivity index (χ3n) is 3.03. The zero-order chi connectivity index (χ0) is 14.8. The zero-order valence-electron chi connectivity index (χ0n) is 10.8. The van der Waals surface area contributed by atoms with Crippen LogP contribution in [0.25, 0.3) is 22.0 Å². The second-order valence-corrected chi connectivity index (χ2v) is 4.85. The van der Waals surface area contributed by atoms with E-state index in [0.717, 1.165) is 0 Å². The van der Waals surface area contributed by atoms with Crippen LogP contribution in [0.4, 0.5) is 4.39 Å². The van der Waals surface area contributed by atoms with Crippen molar-refractivity contribution in [3.05, 3.63) is 76.1 Å². The van der Waals surface area contributed by atoms with E-state index in [2.05, 4.69) is 9.97 Å². The van der Waals surface area contributed by atoms with E-state index in [1.165, 1.54) is 12.1 Å². The molecule has 0 aliphatic heterocycles. The molecule has 0 unspecified atom stereocenters. The number of halogens is 2. The van der Waals surface area contributed by atoms with Crippen LogP contribution in [0.15, 0.2) is 53.3 Å². The highest BCUT2D eigenvalue weighted by Crippen LogP contribution is 2.21. The van der Waals surface area contributed by atoms with Crippen molar-refractivity contribution in [3.8, 4) is 0 Å². The van der Waals surface area contributed by atoms with Gasteiger partial charge in [-0.25, -0.2) is 9.37 Å². The number of nitrogens with one attached hydrogen (secondary N) is 1. The predicted molar refractivity (Wildman–Crippen MR) is 82.5 cm³/mol. The molecular formula is C16H10ClFN2O. The molecule has 0 bridgehead atoms. The van der Waals surface area contributed by atoms with E-state index < -0.39 is 5.82 Å². The molecule has 0 radical (unpaired) electrons. The molecule has 0 spiro atoms. The lowest BCUT2D eigenvalue weighted by Gasteiger charge is -2.02. The number of fused-ring (bicyclic) bond motifs is 1. The molecule has 0 aliphatic carbocycles. The molecule has 0 amide bonds. The Morgan fingerprint density at radius 3 is 2.67 bits per heavy atom. The Kier molecular flexibility index (Phi) is 3.54. The molecule has 5 heteroatoms. The van der Waals surface area contributed by atoms with Crippen molar-refractivity contribution in [3.63, 3.8) is 0 Å². The molecule has 3 nitrogen and oxygen atoms in total. The minimum absolute atomic E-state index is 0.169. The van der Waals surface area contributed by atoms with Crippen LogP contribution < -0.4 is 5.56 Å². The van der Waals surface area contributed by atoms with E-state index in [1.807, 2.05) is 0 Å². The molecule has 21 heavy (non-hydrogen) atoms. The molecule has 0 saturated heterocycles. The summed E-state index contributed by atoms with van der Waals surface area (Å²) in [6.45, 7) is 0. The fraction of sp³-hybridized carbons (Fsp3) is 0.